The molecule has 0 bridgehead atoms. The lowest BCUT2D eigenvalue weighted by atomic mass is 9.77. The van der Waals surface area contributed by atoms with Crippen molar-refractivity contribution in [3.05, 3.63) is 42.0 Å². The maximum absolute atomic E-state index is 9.17. The quantitative estimate of drug-likeness (QED) is 0.631. The summed E-state index contributed by atoms with van der Waals surface area (Å²) in [5, 5.41) is 20.0. The molecule has 14 heavy (non-hydrogen) atoms. The van der Waals surface area contributed by atoms with E-state index in [0.717, 1.165) is 16.3 Å². The second-order valence-corrected chi connectivity index (χ2v) is 3.24. The summed E-state index contributed by atoms with van der Waals surface area (Å²) in [5.41, 5.74) is 1.49. The Balaban J connectivity index is 2.84. The molecule has 2 N–H and O–H groups in total. The second-order valence-electron chi connectivity index (χ2n) is 3.24. The third-order valence-corrected chi connectivity index (χ3v) is 2.27. The number of fused-ring (bicyclic) bond motifs is 1. The zero-order chi connectivity index (χ0) is 10.1. The van der Waals surface area contributed by atoms with Gasteiger partial charge in [0.1, 0.15) is 0 Å². The third kappa shape index (κ3) is 1.35. The molecule has 3 heteroatoms. The lowest BCUT2D eigenvalue weighted by Crippen LogP contribution is -2.30. The van der Waals surface area contributed by atoms with Crippen LogP contribution >= 0.6 is 0 Å². The van der Waals surface area contributed by atoms with Gasteiger partial charge in [0.15, 0.2) is 0 Å². The SMILES string of the molecule is Cc1cccc2c#ccc(B(O)O)c12. The molecule has 0 fully saturated rings. The van der Waals surface area contributed by atoms with Gasteiger partial charge < -0.3 is 10.0 Å². The maximum atomic E-state index is 9.17. The summed E-state index contributed by atoms with van der Waals surface area (Å²) in [4.78, 5) is 0. The summed E-state index contributed by atoms with van der Waals surface area (Å²) in [6.45, 7) is 1.93. The summed E-state index contributed by atoms with van der Waals surface area (Å²) < 4.78 is 0. The predicted octanol–water partition coefficient (Wildman–Crippen LogP) is 0.428. The van der Waals surface area contributed by atoms with Crippen LogP contribution in [-0.4, -0.2) is 17.2 Å². The fourth-order valence-corrected chi connectivity index (χ4v) is 1.62. The van der Waals surface area contributed by atoms with Crippen molar-refractivity contribution in [1.29, 1.82) is 0 Å². The smallest absolute Gasteiger partial charge is 0.423 e. The number of hydrogen-bond donors (Lipinski definition) is 2. The van der Waals surface area contributed by atoms with Crippen molar-refractivity contribution < 1.29 is 10.0 Å². The Bertz CT molecular complexity index is 461. The van der Waals surface area contributed by atoms with Gasteiger partial charge in [0.25, 0.3) is 0 Å². The molecular weight excluding hydrogens is 175 g/mol. The fourth-order valence-electron chi connectivity index (χ4n) is 1.62. The molecule has 0 radical (unpaired) electrons. The molecule has 0 aliphatic carbocycles. The van der Waals surface area contributed by atoms with Crippen molar-refractivity contribution in [2.24, 2.45) is 0 Å². The Hall–Kier alpha value is -1.50. The highest BCUT2D eigenvalue weighted by Crippen LogP contribution is 2.13. The van der Waals surface area contributed by atoms with Crippen LogP contribution in [0.5, 0.6) is 0 Å². The second kappa shape index (κ2) is 3.34. The van der Waals surface area contributed by atoms with Gasteiger partial charge in [0.2, 0.25) is 0 Å². The molecule has 0 aliphatic rings. The van der Waals surface area contributed by atoms with Gasteiger partial charge in [-0.3, -0.25) is 0 Å². The summed E-state index contributed by atoms with van der Waals surface area (Å²) in [5.74, 6) is 0. The van der Waals surface area contributed by atoms with E-state index in [-0.39, 0.29) is 0 Å². The molecule has 0 saturated heterocycles. The summed E-state index contributed by atoms with van der Waals surface area (Å²) >= 11 is 0. The number of aryl methyl sites for hydroxylation is 1. The van der Waals surface area contributed by atoms with Gasteiger partial charge in [-0.05, 0) is 35.5 Å². The van der Waals surface area contributed by atoms with Crippen LogP contribution in [-0.2, 0) is 0 Å². The van der Waals surface area contributed by atoms with Crippen LogP contribution in [0.25, 0.3) is 10.8 Å². The summed E-state index contributed by atoms with van der Waals surface area (Å²) in [7, 11) is -1.45. The number of hydrogen-bond acceptors (Lipinski definition) is 2. The Morgan fingerprint density at radius 1 is 1.29 bits per heavy atom. The van der Waals surface area contributed by atoms with Gasteiger partial charge in [-0.25, -0.2) is 0 Å². The minimum Gasteiger partial charge on any atom is -0.423 e. The first-order valence-corrected chi connectivity index (χ1v) is 4.38. The average Bonchev–Trinajstić information content (AvgIpc) is 2.17. The van der Waals surface area contributed by atoms with E-state index in [1.165, 1.54) is 0 Å². The highest BCUT2D eigenvalue weighted by Gasteiger charge is 2.14. The average molecular weight is 184 g/mol. The first-order valence-electron chi connectivity index (χ1n) is 4.38. The van der Waals surface area contributed by atoms with E-state index in [4.69, 9.17) is 10.0 Å². The maximum Gasteiger partial charge on any atom is 0.489 e. The van der Waals surface area contributed by atoms with Gasteiger partial charge in [-0.15, -0.1) is 0 Å². The standard InChI is InChI=1S/C11H9BO2/c1-8-4-2-5-9-6-3-7-10(11(8)9)12(13)14/h2,4-5,7,13-14H,1H3. The minimum absolute atomic E-state index is 0.483. The van der Waals surface area contributed by atoms with Gasteiger partial charge in [-0.1, -0.05) is 24.3 Å². The highest BCUT2D eigenvalue weighted by molar-refractivity contribution is 6.62. The lowest BCUT2D eigenvalue weighted by molar-refractivity contribution is 0.426. The first kappa shape index (κ1) is 9.08. The molecule has 2 aromatic carbocycles. The Kier molecular flexibility index (Phi) is 2.16. The molecule has 68 valence electrons. The van der Waals surface area contributed by atoms with Gasteiger partial charge >= 0.3 is 7.12 Å². The zero-order valence-corrected chi connectivity index (χ0v) is 7.78. The molecule has 2 aromatic rings. The van der Waals surface area contributed by atoms with E-state index in [1.54, 1.807) is 6.07 Å². The van der Waals surface area contributed by atoms with Crippen LogP contribution in [0.1, 0.15) is 5.56 Å². The number of benzene rings is 1. The van der Waals surface area contributed by atoms with E-state index < -0.39 is 7.12 Å². The molecule has 0 aromatic heterocycles. The van der Waals surface area contributed by atoms with Crippen LogP contribution in [0.2, 0.25) is 0 Å². The number of rotatable bonds is 1. The largest absolute Gasteiger partial charge is 0.489 e. The molecule has 0 saturated carbocycles. The van der Waals surface area contributed by atoms with E-state index in [9.17, 15) is 0 Å². The van der Waals surface area contributed by atoms with Gasteiger partial charge in [-0.2, -0.15) is 0 Å². The Labute approximate surface area is 83.0 Å². The van der Waals surface area contributed by atoms with Crippen LogP contribution in [0.4, 0.5) is 0 Å². The minimum atomic E-state index is -1.45. The van der Waals surface area contributed by atoms with Crippen molar-refractivity contribution in [2.75, 3.05) is 0 Å². The van der Waals surface area contributed by atoms with E-state index >= 15 is 0 Å². The van der Waals surface area contributed by atoms with E-state index in [0.29, 0.717) is 5.46 Å². The molecule has 0 amide bonds. The first-order chi connectivity index (χ1) is 6.70. The van der Waals surface area contributed by atoms with Gasteiger partial charge in [0, 0.05) is 5.39 Å². The monoisotopic (exact) mass is 184 g/mol. The zero-order valence-electron chi connectivity index (χ0n) is 7.78. The lowest BCUT2D eigenvalue weighted by Gasteiger charge is -2.05. The topological polar surface area (TPSA) is 40.5 Å². The Morgan fingerprint density at radius 3 is 2.79 bits per heavy atom. The van der Waals surface area contributed by atoms with Gasteiger partial charge in [0.05, 0.1) is 0 Å². The van der Waals surface area contributed by atoms with Crippen LogP contribution in [0.3, 0.4) is 0 Å². The van der Waals surface area contributed by atoms with Crippen molar-refractivity contribution in [3.8, 4) is 0 Å². The predicted molar refractivity (Wildman–Crippen MR) is 56.2 cm³/mol. The third-order valence-electron chi connectivity index (χ3n) is 2.27. The molecule has 0 aliphatic heterocycles. The van der Waals surface area contributed by atoms with Crippen molar-refractivity contribution in [2.45, 2.75) is 6.92 Å². The normalized spacial score (nSPS) is 9.93. The Morgan fingerprint density at radius 2 is 2.07 bits per heavy atom. The fraction of sp³-hybridized carbons (Fsp3) is 0.0909. The molecule has 2 nitrogen and oxygen atoms in total. The van der Waals surface area contributed by atoms with Crippen LogP contribution in [0, 0.1) is 19.1 Å². The molecule has 0 atom stereocenters. The van der Waals surface area contributed by atoms with Crippen molar-refractivity contribution in [3.63, 3.8) is 0 Å². The van der Waals surface area contributed by atoms with Crippen molar-refractivity contribution >= 4 is 23.4 Å². The molecule has 0 unspecified atom stereocenters. The summed E-state index contributed by atoms with van der Waals surface area (Å²) in [6, 6.07) is 13.0. The highest BCUT2D eigenvalue weighted by atomic mass is 16.4. The van der Waals surface area contributed by atoms with E-state index in [1.807, 2.05) is 25.1 Å². The van der Waals surface area contributed by atoms with Crippen LogP contribution in [0.15, 0.2) is 24.3 Å². The molecular formula is C11H9BO2. The molecule has 0 heterocycles. The molecule has 0 spiro atoms. The van der Waals surface area contributed by atoms with Crippen LogP contribution < -0.4 is 5.46 Å². The summed E-state index contributed by atoms with van der Waals surface area (Å²) in [6.07, 6.45) is 0. The van der Waals surface area contributed by atoms with Crippen molar-refractivity contribution in [1.82, 2.24) is 0 Å². The molecule has 2 rings (SSSR count). The van der Waals surface area contributed by atoms with E-state index in [2.05, 4.69) is 12.1 Å².